The first-order valence-electron chi connectivity index (χ1n) is 8.30. The van der Waals surface area contributed by atoms with Gasteiger partial charge in [0.25, 0.3) is 0 Å². The van der Waals surface area contributed by atoms with Crippen LogP contribution >= 0.6 is 0 Å². The molecule has 0 aromatic heterocycles. The summed E-state index contributed by atoms with van der Waals surface area (Å²) in [6.07, 6.45) is -0.275. The molecule has 0 aliphatic heterocycles. The Morgan fingerprint density at radius 2 is 1.04 bits per heavy atom. The first-order valence-corrected chi connectivity index (χ1v) is 8.30. The number of benzene rings is 2. The van der Waals surface area contributed by atoms with Crippen LogP contribution in [-0.2, 0) is 19.6 Å². The lowest BCUT2D eigenvalue weighted by atomic mass is 9.96. The fourth-order valence-corrected chi connectivity index (χ4v) is 1.87. The molecule has 0 amide bonds. The van der Waals surface area contributed by atoms with Gasteiger partial charge in [-0.15, -0.1) is 9.78 Å². The van der Waals surface area contributed by atoms with Gasteiger partial charge in [-0.25, -0.2) is 9.59 Å². The Balaban J connectivity index is 1.95. The monoisotopic (exact) mass is 370 g/mol. The lowest BCUT2D eigenvalue weighted by molar-refractivity contribution is -0.378. The topological polar surface area (TPSA) is 71.1 Å². The fraction of sp³-hybridized carbons (Fsp3) is 0.238. The average Bonchev–Trinajstić information content (AvgIpc) is 2.61. The molecule has 2 aromatic rings. The summed E-state index contributed by atoms with van der Waals surface area (Å²) < 4.78 is 0. The quantitative estimate of drug-likeness (QED) is 0.527. The van der Waals surface area contributed by atoms with E-state index in [1.165, 1.54) is 0 Å². The van der Waals surface area contributed by atoms with Gasteiger partial charge < -0.3 is 0 Å². The zero-order valence-corrected chi connectivity index (χ0v) is 15.8. The number of hydrogen-bond acceptors (Lipinski definition) is 6. The molecular formula is C21H22O6. The van der Waals surface area contributed by atoms with E-state index in [-0.39, 0.29) is 6.29 Å². The van der Waals surface area contributed by atoms with Gasteiger partial charge in [-0.3, -0.25) is 9.78 Å². The third-order valence-electron chi connectivity index (χ3n) is 3.51. The maximum Gasteiger partial charge on any atom is 0.373 e. The van der Waals surface area contributed by atoms with Gasteiger partial charge >= 0.3 is 18.2 Å². The second-order valence-corrected chi connectivity index (χ2v) is 6.81. The number of carbonyl (C=O) groups excluding carboxylic acids is 2. The second-order valence-electron chi connectivity index (χ2n) is 6.81. The molecule has 27 heavy (non-hydrogen) atoms. The smallest absolute Gasteiger partial charge is 0.289 e. The van der Waals surface area contributed by atoms with Crippen molar-refractivity contribution in [3.8, 4) is 0 Å². The van der Waals surface area contributed by atoms with Crippen LogP contribution in [0.15, 0.2) is 48.5 Å². The van der Waals surface area contributed by atoms with E-state index in [1.54, 1.807) is 62.4 Å². The molecule has 0 atom stereocenters. The van der Waals surface area contributed by atoms with Crippen LogP contribution in [-0.4, -0.2) is 11.9 Å². The van der Waals surface area contributed by atoms with E-state index in [9.17, 15) is 9.59 Å². The molecule has 142 valence electrons. The van der Waals surface area contributed by atoms with Crippen molar-refractivity contribution < 1.29 is 29.1 Å². The van der Waals surface area contributed by atoms with Gasteiger partial charge in [-0.1, -0.05) is 49.2 Å². The molecule has 0 saturated heterocycles. The van der Waals surface area contributed by atoms with Crippen LogP contribution < -0.4 is 0 Å². The SMILES string of the molecule is [CH2]C(C)(C)[C](OOC(=O)c1ccc(C)cc1)OOC(=O)c1ccc(C)cc1. The number of carbonyl (C=O) groups is 2. The highest BCUT2D eigenvalue weighted by atomic mass is 17.3. The van der Waals surface area contributed by atoms with Crippen LogP contribution in [0, 0.1) is 32.5 Å². The van der Waals surface area contributed by atoms with Crippen molar-refractivity contribution in [3.63, 3.8) is 0 Å². The van der Waals surface area contributed by atoms with Crippen LogP contribution in [0.3, 0.4) is 0 Å². The molecule has 0 fully saturated rings. The predicted octanol–water partition coefficient (Wildman–Crippen LogP) is 4.53. The van der Waals surface area contributed by atoms with Gasteiger partial charge in [0.1, 0.15) is 0 Å². The minimum atomic E-state index is -0.957. The summed E-state index contributed by atoms with van der Waals surface area (Å²) in [5, 5.41) is 0. The van der Waals surface area contributed by atoms with Gasteiger partial charge in [0.15, 0.2) is 0 Å². The Morgan fingerprint density at radius 3 is 1.33 bits per heavy atom. The number of aryl methyl sites for hydroxylation is 2. The molecule has 2 aromatic carbocycles. The first kappa shape index (κ1) is 20.6. The molecule has 0 N–H and O–H groups in total. The molecule has 0 aliphatic rings. The Bertz CT molecular complexity index is 710. The summed E-state index contributed by atoms with van der Waals surface area (Å²) in [7, 11) is 0. The summed E-state index contributed by atoms with van der Waals surface area (Å²) in [5.41, 5.74) is 1.66. The summed E-state index contributed by atoms with van der Waals surface area (Å²) in [6, 6.07) is 13.5. The van der Waals surface area contributed by atoms with E-state index in [2.05, 4.69) is 6.92 Å². The molecule has 6 nitrogen and oxygen atoms in total. The van der Waals surface area contributed by atoms with Gasteiger partial charge in [0.05, 0.1) is 11.1 Å². The maximum absolute atomic E-state index is 12.0. The summed E-state index contributed by atoms with van der Waals surface area (Å²) in [5.74, 6) is -1.43. The van der Waals surface area contributed by atoms with E-state index in [1.807, 2.05) is 13.8 Å². The molecule has 0 heterocycles. The van der Waals surface area contributed by atoms with Crippen molar-refractivity contribution in [1.29, 1.82) is 0 Å². The zero-order valence-electron chi connectivity index (χ0n) is 15.8. The maximum atomic E-state index is 12.0. The first-order chi connectivity index (χ1) is 12.7. The molecule has 0 bridgehead atoms. The second kappa shape index (κ2) is 8.79. The highest BCUT2D eigenvalue weighted by Crippen LogP contribution is 2.30. The largest absolute Gasteiger partial charge is 0.373 e. The number of hydrogen-bond donors (Lipinski definition) is 0. The van der Waals surface area contributed by atoms with Crippen LogP contribution in [0.4, 0.5) is 0 Å². The van der Waals surface area contributed by atoms with E-state index >= 15 is 0 Å². The lowest BCUT2D eigenvalue weighted by Crippen LogP contribution is -2.27. The van der Waals surface area contributed by atoms with Crippen LogP contribution in [0.2, 0.25) is 0 Å². The Morgan fingerprint density at radius 1 is 0.704 bits per heavy atom. The van der Waals surface area contributed by atoms with Crippen LogP contribution in [0.1, 0.15) is 45.7 Å². The third-order valence-corrected chi connectivity index (χ3v) is 3.51. The Labute approximate surface area is 158 Å². The van der Waals surface area contributed by atoms with E-state index in [0.29, 0.717) is 11.1 Å². The van der Waals surface area contributed by atoms with Crippen molar-refractivity contribution in [1.82, 2.24) is 0 Å². The van der Waals surface area contributed by atoms with Gasteiger partial charge in [0, 0.05) is 5.41 Å². The molecule has 0 spiro atoms. The van der Waals surface area contributed by atoms with Crippen molar-refractivity contribution in [2.24, 2.45) is 5.41 Å². The minimum Gasteiger partial charge on any atom is -0.289 e. The molecule has 0 aliphatic carbocycles. The van der Waals surface area contributed by atoms with Crippen LogP contribution in [0.5, 0.6) is 0 Å². The minimum absolute atomic E-state index is 0.275. The van der Waals surface area contributed by atoms with E-state index < -0.39 is 17.4 Å². The highest BCUT2D eigenvalue weighted by molar-refractivity contribution is 5.89. The van der Waals surface area contributed by atoms with Gasteiger partial charge in [-0.05, 0) is 45.0 Å². The zero-order chi connectivity index (χ0) is 20.0. The Kier molecular flexibility index (Phi) is 6.71. The standard InChI is InChI=1S/C21H22O6/c1-14-6-10-16(11-7-14)18(22)24-26-20(21(3,4)5)27-25-19(23)17-12-8-15(2)9-13-17/h6-13H,3H2,1-2,4-5H3. The summed E-state index contributed by atoms with van der Waals surface area (Å²) >= 11 is 0. The predicted molar refractivity (Wildman–Crippen MR) is 97.7 cm³/mol. The van der Waals surface area contributed by atoms with Crippen LogP contribution in [0.25, 0.3) is 0 Å². The molecule has 0 unspecified atom stereocenters. The molecule has 0 saturated carbocycles. The van der Waals surface area contributed by atoms with Gasteiger partial charge in [0.2, 0.25) is 0 Å². The van der Waals surface area contributed by atoms with Crippen molar-refractivity contribution in [2.75, 3.05) is 0 Å². The molecule has 2 radical (unpaired) electrons. The van der Waals surface area contributed by atoms with E-state index in [4.69, 9.17) is 19.6 Å². The lowest BCUT2D eigenvalue weighted by Gasteiger charge is -2.24. The summed E-state index contributed by atoms with van der Waals surface area (Å²) in [4.78, 5) is 43.6. The highest BCUT2D eigenvalue weighted by Gasteiger charge is 2.34. The van der Waals surface area contributed by atoms with Gasteiger partial charge in [-0.2, -0.15) is 0 Å². The molecule has 6 heteroatoms. The molecule has 2 rings (SSSR count). The third kappa shape index (κ3) is 6.20. The summed E-state index contributed by atoms with van der Waals surface area (Å²) in [6.45, 7) is 10.9. The van der Waals surface area contributed by atoms with Crippen molar-refractivity contribution in [3.05, 3.63) is 84.0 Å². The fourth-order valence-electron chi connectivity index (χ4n) is 1.87. The molecular weight excluding hydrogens is 348 g/mol. The van der Waals surface area contributed by atoms with Crippen molar-refractivity contribution in [2.45, 2.75) is 27.7 Å². The normalized spacial score (nSPS) is 11.3. The number of rotatable bonds is 7. The Hall–Kier alpha value is -2.70. The van der Waals surface area contributed by atoms with Crippen molar-refractivity contribution >= 4 is 11.9 Å². The van der Waals surface area contributed by atoms with E-state index in [0.717, 1.165) is 11.1 Å². The average molecular weight is 370 g/mol.